The molecule has 2 aliphatic heterocycles. The van der Waals surface area contributed by atoms with Crippen molar-refractivity contribution in [3.05, 3.63) is 0 Å². The molecule has 7 nitrogen and oxygen atoms in total. The van der Waals surface area contributed by atoms with Crippen LogP contribution in [0, 0.1) is 11.8 Å². The summed E-state index contributed by atoms with van der Waals surface area (Å²) < 4.78 is 0. The van der Waals surface area contributed by atoms with E-state index in [9.17, 15) is 9.59 Å². The van der Waals surface area contributed by atoms with Gasteiger partial charge in [-0.05, 0) is 37.5 Å². The van der Waals surface area contributed by atoms with Crippen LogP contribution in [0.15, 0.2) is 4.99 Å². The molecule has 31 heavy (non-hydrogen) atoms. The van der Waals surface area contributed by atoms with Crippen molar-refractivity contribution in [2.45, 2.75) is 65.7 Å². The van der Waals surface area contributed by atoms with E-state index < -0.39 is 0 Å². The summed E-state index contributed by atoms with van der Waals surface area (Å²) in [5, 5.41) is 3.48. The molecule has 2 heterocycles. The SMILES string of the molecule is CN=C(NCCCCCC(=O)N1CCN(C(=O)CC(C)C)CC1)N1CCC(C)CC1.I. The summed E-state index contributed by atoms with van der Waals surface area (Å²) in [6.07, 6.45) is 6.70. The molecule has 0 aromatic heterocycles. The Morgan fingerprint density at radius 1 is 0.903 bits per heavy atom. The number of unbranched alkanes of at least 4 members (excludes halogenated alkanes) is 2. The van der Waals surface area contributed by atoms with Gasteiger partial charge < -0.3 is 20.0 Å². The van der Waals surface area contributed by atoms with Crippen LogP contribution in [0.2, 0.25) is 0 Å². The lowest BCUT2D eigenvalue weighted by atomic mass is 10.00. The smallest absolute Gasteiger partial charge is 0.222 e. The molecule has 0 saturated carbocycles. The van der Waals surface area contributed by atoms with Crippen molar-refractivity contribution in [2.75, 3.05) is 52.9 Å². The van der Waals surface area contributed by atoms with Crippen molar-refractivity contribution < 1.29 is 9.59 Å². The first-order chi connectivity index (χ1) is 14.4. The summed E-state index contributed by atoms with van der Waals surface area (Å²) in [7, 11) is 1.86. The zero-order valence-electron chi connectivity index (χ0n) is 20.1. The molecular weight excluding hydrogens is 505 g/mol. The highest BCUT2D eigenvalue weighted by atomic mass is 127. The number of amides is 2. The number of carbonyl (C=O) groups is 2. The van der Waals surface area contributed by atoms with Gasteiger partial charge in [-0.25, -0.2) is 0 Å². The van der Waals surface area contributed by atoms with Gasteiger partial charge in [-0.15, -0.1) is 24.0 Å². The quantitative estimate of drug-likeness (QED) is 0.219. The topological polar surface area (TPSA) is 68.2 Å². The molecule has 0 spiro atoms. The first kappa shape index (κ1) is 28.0. The summed E-state index contributed by atoms with van der Waals surface area (Å²) in [5.41, 5.74) is 0. The van der Waals surface area contributed by atoms with E-state index in [-0.39, 0.29) is 35.8 Å². The van der Waals surface area contributed by atoms with Crippen LogP contribution in [0.25, 0.3) is 0 Å². The van der Waals surface area contributed by atoms with E-state index in [0.29, 0.717) is 44.9 Å². The number of nitrogens with zero attached hydrogens (tertiary/aromatic N) is 4. The molecular formula is C23H44IN5O2. The highest BCUT2D eigenvalue weighted by Crippen LogP contribution is 2.16. The van der Waals surface area contributed by atoms with Gasteiger partial charge in [0.1, 0.15) is 0 Å². The van der Waals surface area contributed by atoms with Gasteiger partial charge in [0.25, 0.3) is 0 Å². The molecule has 0 unspecified atom stereocenters. The average Bonchev–Trinajstić information content (AvgIpc) is 2.73. The zero-order chi connectivity index (χ0) is 21.9. The predicted octanol–water partition coefficient (Wildman–Crippen LogP) is 3.19. The van der Waals surface area contributed by atoms with E-state index in [4.69, 9.17) is 0 Å². The molecule has 0 aromatic carbocycles. The highest BCUT2D eigenvalue weighted by Gasteiger charge is 2.24. The zero-order valence-corrected chi connectivity index (χ0v) is 22.4. The van der Waals surface area contributed by atoms with Gasteiger partial charge in [0.15, 0.2) is 5.96 Å². The Morgan fingerprint density at radius 2 is 1.48 bits per heavy atom. The Labute approximate surface area is 206 Å². The van der Waals surface area contributed by atoms with Crippen molar-refractivity contribution in [3.63, 3.8) is 0 Å². The van der Waals surface area contributed by atoms with Crippen LogP contribution in [0.4, 0.5) is 0 Å². The number of nitrogens with one attached hydrogen (secondary N) is 1. The summed E-state index contributed by atoms with van der Waals surface area (Å²) in [6, 6.07) is 0. The van der Waals surface area contributed by atoms with Crippen molar-refractivity contribution in [2.24, 2.45) is 16.8 Å². The molecule has 1 N–H and O–H groups in total. The van der Waals surface area contributed by atoms with Gasteiger partial charge in [0.05, 0.1) is 0 Å². The van der Waals surface area contributed by atoms with E-state index in [2.05, 4.69) is 36.0 Å². The third-order valence-corrected chi connectivity index (χ3v) is 6.21. The molecule has 0 atom stereocenters. The number of hydrogen-bond donors (Lipinski definition) is 1. The lowest BCUT2D eigenvalue weighted by Gasteiger charge is -2.35. The van der Waals surface area contributed by atoms with E-state index in [1.165, 1.54) is 12.8 Å². The Hall–Kier alpha value is -1.06. The average molecular weight is 550 g/mol. The lowest BCUT2D eigenvalue weighted by molar-refractivity contribution is -0.140. The van der Waals surface area contributed by atoms with Crippen molar-refractivity contribution in [1.82, 2.24) is 20.0 Å². The van der Waals surface area contributed by atoms with Gasteiger partial charge >= 0.3 is 0 Å². The molecule has 2 aliphatic rings. The Kier molecular flexibility index (Phi) is 13.4. The van der Waals surface area contributed by atoms with Crippen LogP contribution >= 0.6 is 24.0 Å². The van der Waals surface area contributed by atoms with Crippen molar-refractivity contribution in [1.29, 1.82) is 0 Å². The maximum atomic E-state index is 12.5. The van der Waals surface area contributed by atoms with Gasteiger partial charge in [-0.2, -0.15) is 0 Å². The molecule has 2 amide bonds. The summed E-state index contributed by atoms with van der Waals surface area (Å²) in [6.45, 7) is 12.2. The number of piperazine rings is 1. The van der Waals surface area contributed by atoms with Gasteiger partial charge in [0.2, 0.25) is 11.8 Å². The fourth-order valence-electron chi connectivity index (χ4n) is 4.17. The van der Waals surface area contributed by atoms with Crippen LogP contribution in [0.3, 0.4) is 0 Å². The molecule has 8 heteroatoms. The van der Waals surface area contributed by atoms with Crippen LogP contribution in [-0.2, 0) is 9.59 Å². The first-order valence-corrected chi connectivity index (χ1v) is 11.9. The Morgan fingerprint density at radius 3 is 2.03 bits per heavy atom. The second kappa shape index (κ2) is 14.9. The molecule has 0 radical (unpaired) electrons. The van der Waals surface area contributed by atoms with Crippen molar-refractivity contribution in [3.8, 4) is 0 Å². The number of hydrogen-bond acceptors (Lipinski definition) is 3. The number of halogens is 1. The highest BCUT2D eigenvalue weighted by molar-refractivity contribution is 14.0. The molecule has 2 saturated heterocycles. The van der Waals surface area contributed by atoms with Crippen LogP contribution < -0.4 is 5.32 Å². The molecule has 0 bridgehead atoms. The number of piperidine rings is 1. The second-order valence-corrected chi connectivity index (χ2v) is 9.31. The molecule has 2 fully saturated rings. The van der Waals surface area contributed by atoms with Crippen LogP contribution in [0.1, 0.15) is 65.7 Å². The molecule has 0 aromatic rings. The Balaban J connectivity index is 0.00000480. The number of guanidine groups is 1. The largest absolute Gasteiger partial charge is 0.356 e. The number of aliphatic imine (C=N–C) groups is 1. The maximum Gasteiger partial charge on any atom is 0.222 e. The van der Waals surface area contributed by atoms with Gasteiger partial charge in [0, 0.05) is 65.7 Å². The third-order valence-electron chi connectivity index (χ3n) is 6.21. The maximum absolute atomic E-state index is 12.5. The molecule has 180 valence electrons. The van der Waals surface area contributed by atoms with Crippen LogP contribution in [-0.4, -0.2) is 85.3 Å². The fraction of sp³-hybridized carbons (Fsp3) is 0.870. The normalized spacial score (nSPS) is 18.2. The number of rotatable bonds is 8. The number of carbonyl (C=O) groups excluding carboxylic acids is 2. The summed E-state index contributed by atoms with van der Waals surface area (Å²) in [4.78, 5) is 35.2. The summed E-state index contributed by atoms with van der Waals surface area (Å²) in [5.74, 6) is 2.67. The van der Waals surface area contributed by atoms with Gasteiger partial charge in [-0.3, -0.25) is 14.6 Å². The monoisotopic (exact) mass is 549 g/mol. The summed E-state index contributed by atoms with van der Waals surface area (Å²) >= 11 is 0. The van der Waals surface area contributed by atoms with E-state index in [1.807, 2.05) is 16.8 Å². The predicted molar refractivity (Wildman–Crippen MR) is 138 cm³/mol. The standard InChI is InChI=1S/C23H43N5O2.HI/c1-19(2)18-22(30)27-16-14-26(15-17-27)21(29)8-6-5-7-11-25-23(24-4)28-12-9-20(3)10-13-28;/h19-20H,5-18H2,1-4H3,(H,24,25);1H. The minimum atomic E-state index is 0. The Bertz CT molecular complexity index is 568. The first-order valence-electron chi connectivity index (χ1n) is 11.9. The minimum Gasteiger partial charge on any atom is -0.356 e. The van der Waals surface area contributed by atoms with E-state index >= 15 is 0 Å². The molecule has 0 aliphatic carbocycles. The van der Waals surface area contributed by atoms with E-state index in [0.717, 1.165) is 50.8 Å². The lowest BCUT2D eigenvalue weighted by Crippen LogP contribution is -2.50. The van der Waals surface area contributed by atoms with Crippen molar-refractivity contribution >= 4 is 41.8 Å². The number of likely N-dealkylation sites (tertiary alicyclic amines) is 1. The third kappa shape index (κ3) is 9.95. The van der Waals surface area contributed by atoms with Crippen LogP contribution in [0.5, 0.6) is 0 Å². The molecule has 2 rings (SSSR count). The van der Waals surface area contributed by atoms with Gasteiger partial charge in [-0.1, -0.05) is 27.2 Å². The fourth-order valence-corrected chi connectivity index (χ4v) is 4.17. The van der Waals surface area contributed by atoms with E-state index in [1.54, 1.807) is 0 Å². The second-order valence-electron chi connectivity index (χ2n) is 9.31. The minimum absolute atomic E-state index is 0.